The summed E-state index contributed by atoms with van der Waals surface area (Å²) < 4.78 is 0. The highest BCUT2D eigenvalue weighted by atomic mass is 32.2. The molecule has 2 aromatic rings. The number of thioether (sulfide) groups is 1. The summed E-state index contributed by atoms with van der Waals surface area (Å²) in [6.07, 6.45) is 5.06. The first-order chi connectivity index (χ1) is 11.2. The lowest BCUT2D eigenvalue weighted by Gasteiger charge is -2.03. The molecule has 0 atom stereocenters. The van der Waals surface area contributed by atoms with Crippen LogP contribution in [-0.4, -0.2) is 35.8 Å². The Balaban J connectivity index is 1.76. The first-order valence-electron chi connectivity index (χ1n) is 6.84. The van der Waals surface area contributed by atoms with Crippen LogP contribution in [-0.2, 0) is 4.79 Å². The quantitative estimate of drug-likeness (QED) is 0.480. The van der Waals surface area contributed by atoms with E-state index in [9.17, 15) is 9.59 Å². The van der Waals surface area contributed by atoms with Crippen molar-refractivity contribution < 1.29 is 9.59 Å². The second-order valence-corrected chi connectivity index (χ2v) is 5.34. The van der Waals surface area contributed by atoms with Crippen molar-refractivity contribution in [2.75, 3.05) is 12.8 Å². The molecule has 1 heterocycles. The van der Waals surface area contributed by atoms with E-state index in [4.69, 9.17) is 0 Å². The summed E-state index contributed by atoms with van der Waals surface area (Å²) >= 11 is 1.65. The Hall–Kier alpha value is -2.67. The van der Waals surface area contributed by atoms with E-state index < -0.39 is 11.8 Å². The lowest BCUT2D eigenvalue weighted by atomic mass is 10.2. The normalized spacial score (nSPS) is 10.5. The molecule has 118 valence electrons. The number of hydrogen-bond donors (Lipinski definition) is 2. The highest BCUT2D eigenvalue weighted by Crippen LogP contribution is 2.13. The molecule has 23 heavy (non-hydrogen) atoms. The fourth-order valence-electron chi connectivity index (χ4n) is 1.66. The summed E-state index contributed by atoms with van der Waals surface area (Å²) in [6, 6.07) is 12.7. The summed E-state index contributed by atoms with van der Waals surface area (Å²) in [6.45, 7) is -0.168. The maximum Gasteiger partial charge on any atom is 0.270 e. The second kappa shape index (κ2) is 8.70. The van der Waals surface area contributed by atoms with Crippen LogP contribution >= 0.6 is 11.8 Å². The van der Waals surface area contributed by atoms with Crippen molar-refractivity contribution in [2.24, 2.45) is 5.10 Å². The fraction of sp³-hybridized carbons (Fsp3) is 0.125. The lowest BCUT2D eigenvalue weighted by molar-refractivity contribution is -0.120. The summed E-state index contributed by atoms with van der Waals surface area (Å²) in [5.41, 5.74) is 3.49. The molecule has 2 amide bonds. The van der Waals surface area contributed by atoms with Crippen LogP contribution in [0.5, 0.6) is 0 Å². The van der Waals surface area contributed by atoms with Gasteiger partial charge in [-0.05, 0) is 36.1 Å². The van der Waals surface area contributed by atoms with Gasteiger partial charge >= 0.3 is 0 Å². The molecular formula is C16H16N4O2S. The maximum atomic E-state index is 11.7. The Morgan fingerprint density at radius 1 is 1.22 bits per heavy atom. The molecule has 0 aliphatic rings. The van der Waals surface area contributed by atoms with Crippen LogP contribution in [0.1, 0.15) is 16.1 Å². The molecular weight excluding hydrogens is 312 g/mol. The summed E-state index contributed by atoms with van der Waals surface area (Å²) in [7, 11) is 0. The van der Waals surface area contributed by atoms with Gasteiger partial charge in [0.15, 0.2) is 0 Å². The molecule has 1 aromatic carbocycles. The Morgan fingerprint density at radius 3 is 2.65 bits per heavy atom. The zero-order valence-corrected chi connectivity index (χ0v) is 13.3. The van der Waals surface area contributed by atoms with Crippen LogP contribution in [0.25, 0.3) is 0 Å². The Bertz CT molecular complexity index is 687. The van der Waals surface area contributed by atoms with Crippen molar-refractivity contribution in [3.63, 3.8) is 0 Å². The molecule has 0 saturated carbocycles. The third-order valence-electron chi connectivity index (χ3n) is 2.83. The van der Waals surface area contributed by atoms with Crippen molar-refractivity contribution in [3.05, 3.63) is 59.9 Å². The van der Waals surface area contributed by atoms with Gasteiger partial charge in [-0.25, -0.2) is 5.43 Å². The van der Waals surface area contributed by atoms with E-state index in [1.165, 1.54) is 6.20 Å². The second-order valence-electron chi connectivity index (χ2n) is 4.46. The van der Waals surface area contributed by atoms with E-state index in [1.54, 1.807) is 36.2 Å². The summed E-state index contributed by atoms with van der Waals surface area (Å²) in [4.78, 5) is 28.4. The zero-order chi connectivity index (χ0) is 16.5. The fourth-order valence-corrected chi connectivity index (χ4v) is 2.06. The van der Waals surface area contributed by atoms with Crippen LogP contribution < -0.4 is 10.7 Å². The summed E-state index contributed by atoms with van der Waals surface area (Å²) in [5, 5.41) is 6.32. The van der Waals surface area contributed by atoms with Crippen LogP contribution in [0.4, 0.5) is 0 Å². The van der Waals surface area contributed by atoms with E-state index in [1.807, 2.05) is 30.5 Å². The minimum atomic E-state index is -0.411. The van der Waals surface area contributed by atoms with E-state index in [2.05, 4.69) is 20.8 Å². The number of nitrogens with zero attached hydrogens (tertiary/aromatic N) is 2. The van der Waals surface area contributed by atoms with E-state index >= 15 is 0 Å². The third kappa shape index (κ3) is 5.55. The highest BCUT2D eigenvalue weighted by Gasteiger charge is 2.07. The number of rotatable bonds is 6. The minimum Gasteiger partial charge on any atom is -0.342 e. The molecule has 0 bridgehead atoms. The van der Waals surface area contributed by atoms with E-state index in [0.717, 1.165) is 10.5 Å². The van der Waals surface area contributed by atoms with E-state index in [-0.39, 0.29) is 12.2 Å². The number of pyridine rings is 1. The van der Waals surface area contributed by atoms with Gasteiger partial charge in [0.25, 0.3) is 11.8 Å². The van der Waals surface area contributed by atoms with Crippen molar-refractivity contribution in [2.45, 2.75) is 4.90 Å². The van der Waals surface area contributed by atoms with Gasteiger partial charge < -0.3 is 5.32 Å². The highest BCUT2D eigenvalue weighted by molar-refractivity contribution is 7.98. The van der Waals surface area contributed by atoms with Gasteiger partial charge in [-0.15, -0.1) is 11.8 Å². The Labute approximate surface area is 138 Å². The molecule has 0 unspecified atom stereocenters. The minimum absolute atomic E-state index is 0.168. The van der Waals surface area contributed by atoms with Crippen LogP contribution in [0.15, 0.2) is 58.7 Å². The molecule has 0 spiro atoms. The van der Waals surface area contributed by atoms with Gasteiger partial charge in [-0.3, -0.25) is 14.6 Å². The predicted molar refractivity (Wildman–Crippen MR) is 90.5 cm³/mol. The molecule has 0 aliphatic carbocycles. The van der Waals surface area contributed by atoms with Crippen molar-refractivity contribution in [3.8, 4) is 0 Å². The largest absolute Gasteiger partial charge is 0.342 e. The average molecular weight is 328 g/mol. The number of aromatic nitrogens is 1. The number of benzene rings is 1. The zero-order valence-electron chi connectivity index (χ0n) is 12.5. The number of hydrazone groups is 1. The molecule has 0 saturated heterocycles. The van der Waals surface area contributed by atoms with Gasteiger partial charge in [0.05, 0.1) is 12.8 Å². The van der Waals surface area contributed by atoms with Crippen molar-refractivity contribution >= 4 is 29.8 Å². The molecule has 0 aliphatic heterocycles. The number of carbonyl (C=O) groups is 2. The van der Waals surface area contributed by atoms with Crippen molar-refractivity contribution in [1.82, 2.24) is 15.7 Å². The molecule has 0 radical (unpaired) electrons. The van der Waals surface area contributed by atoms with Gasteiger partial charge in [0, 0.05) is 11.1 Å². The number of nitrogens with one attached hydrogen (secondary N) is 2. The molecule has 1 aromatic heterocycles. The number of amides is 2. The molecule has 7 heteroatoms. The first kappa shape index (κ1) is 16.7. The van der Waals surface area contributed by atoms with Gasteiger partial charge in [-0.2, -0.15) is 5.10 Å². The Morgan fingerprint density at radius 2 is 2.00 bits per heavy atom. The van der Waals surface area contributed by atoms with E-state index in [0.29, 0.717) is 0 Å². The van der Waals surface area contributed by atoms with Gasteiger partial charge in [0.2, 0.25) is 0 Å². The average Bonchev–Trinajstić information content (AvgIpc) is 2.61. The molecule has 2 rings (SSSR count). The van der Waals surface area contributed by atoms with Crippen LogP contribution in [0, 0.1) is 0 Å². The third-order valence-corrected chi connectivity index (χ3v) is 3.57. The number of hydrogen-bond acceptors (Lipinski definition) is 5. The topological polar surface area (TPSA) is 83.5 Å². The first-order valence-corrected chi connectivity index (χ1v) is 8.06. The monoisotopic (exact) mass is 328 g/mol. The lowest BCUT2D eigenvalue weighted by Crippen LogP contribution is -2.35. The standard InChI is InChI=1S/C16H16N4O2S/c1-23-13-7-5-12(6-8-13)10-19-20-15(21)11-18-16(22)14-4-2-3-9-17-14/h2-10H,11H2,1H3,(H,18,22)(H,20,21)/b19-10+. The Kier molecular flexibility index (Phi) is 6.31. The predicted octanol–water partition coefficient (Wildman–Crippen LogP) is 1.68. The SMILES string of the molecule is CSc1ccc(/C=N/NC(=O)CNC(=O)c2ccccn2)cc1. The van der Waals surface area contributed by atoms with Gasteiger partial charge in [-0.1, -0.05) is 18.2 Å². The number of carbonyl (C=O) groups excluding carboxylic acids is 2. The molecule has 0 fully saturated rings. The van der Waals surface area contributed by atoms with Gasteiger partial charge in [0.1, 0.15) is 5.69 Å². The van der Waals surface area contributed by atoms with Crippen molar-refractivity contribution in [1.29, 1.82) is 0 Å². The molecule has 2 N–H and O–H groups in total. The van der Waals surface area contributed by atoms with Crippen LogP contribution in [0.3, 0.4) is 0 Å². The summed E-state index contributed by atoms with van der Waals surface area (Å²) in [5.74, 6) is -0.816. The maximum absolute atomic E-state index is 11.7. The van der Waals surface area contributed by atoms with Crippen LogP contribution in [0.2, 0.25) is 0 Å². The molecule has 6 nitrogen and oxygen atoms in total. The smallest absolute Gasteiger partial charge is 0.270 e.